The second-order valence-corrected chi connectivity index (χ2v) is 5.72. The molecule has 86 valence electrons. The average molecular weight is 281 g/mol. The number of piperidine rings is 1. The Morgan fingerprint density at radius 3 is 3.12 bits per heavy atom. The van der Waals surface area contributed by atoms with Gasteiger partial charge in [-0.2, -0.15) is 0 Å². The number of aryl methyl sites for hydroxylation is 1. The van der Waals surface area contributed by atoms with E-state index in [0.717, 1.165) is 6.54 Å². The van der Waals surface area contributed by atoms with E-state index in [9.17, 15) is 0 Å². The van der Waals surface area contributed by atoms with Crippen LogP contribution in [0.5, 0.6) is 0 Å². The maximum atomic E-state index is 3.66. The van der Waals surface area contributed by atoms with Crippen LogP contribution in [0, 0.1) is 6.92 Å². The van der Waals surface area contributed by atoms with Crippen LogP contribution in [0.15, 0.2) is 16.6 Å². The van der Waals surface area contributed by atoms with Gasteiger partial charge in [-0.05, 0) is 59.8 Å². The number of hydrogen-bond donors (Lipinski definition) is 1. The van der Waals surface area contributed by atoms with E-state index in [-0.39, 0.29) is 0 Å². The van der Waals surface area contributed by atoms with Gasteiger partial charge in [0.2, 0.25) is 0 Å². The topological polar surface area (TPSA) is 15.3 Å². The molecular formula is C13H17BrN2. The summed E-state index contributed by atoms with van der Waals surface area (Å²) in [5.74, 6) is 0. The molecule has 0 bridgehead atoms. The van der Waals surface area contributed by atoms with Gasteiger partial charge in [-0.1, -0.05) is 0 Å². The number of benzene rings is 1. The van der Waals surface area contributed by atoms with Crippen LogP contribution in [0.4, 0.5) is 11.4 Å². The van der Waals surface area contributed by atoms with E-state index in [2.05, 4.69) is 45.2 Å². The molecule has 1 aromatic carbocycles. The summed E-state index contributed by atoms with van der Waals surface area (Å²) in [6.45, 7) is 4.47. The van der Waals surface area contributed by atoms with Crippen molar-refractivity contribution in [1.82, 2.24) is 0 Å². The highest BCUT2D eigenvalue weighted by Gasteiger charge is 2.29. The highest BCUT2D eigenvalue weighted by Crippen LogP contribution is 2.40. The number of nitrogens with one attached hydrogen (secondary N) is 1. The first-order chi connectivity index (χ1) is 7.75. The first-order valence-corrected chi connectivity index (χ1v) is 6.85. The molecule has 1 fully saturated rings. The molecule has 2 aliphatic heterocycles. The molecule has 2 heterocycles. The number of halogens is 1. The molecular weight excluding hydrogens is 264 g/mol. The standard InChI is InChI=1S/C13H17BrN2/c1-9-6-11(14)13-12(7-9)16-5-3-2-4-10(16)8-15-13/h6-7,10,15H,2-5,8H2,1H3. The molecule has 3 heteroatoms. The van der Waals surface area contributed by atoms with Crippen molar-refractivity contribution in [2.24, 2.45) is 0 Å². The molecule has 0 amide bonds. The largest absolute Gasteiger partial charge is 0.380 e. The lowest BCUT2D eigenvalue weighted by Gasteiger charge is -2.43. The fourth-order valence-electron chi connectivity index (χ4n) is 2.88. The van der Waals surface area contributed by atoms with Gasteiger partial charge in [0.1, 0.15) is 0 Å². The molecule has 1 unspecified atom stereocenters. The van der Waals surface area contributed by atoms with Crippen molar-refractivity contribution < 1.29 is 0 Å². The van der Waals surface area contributed by atoms with Crippen molar-refractivity contribution in [3.8, 4) is 0 Å². The van der Waals surface area contributed by atoms with Gasteiger partial charge < -0.3 is 10.2 Å². The Labute approximate surface area is 105 Å². The SMILES string of the molecule is Cc1cc(Br)c2c(c1)N1CCCCC1CN2. The molecule has 16 heavy (non-hydrogen) atoms. The van der Waals surface area contributed by atoms with E-state index in [4.69, 9.17) is 0 Å². The minimum absolute atomic E-state index is 0.704. The summed E-state index contributed by atoms with van der Waals surface area (Å²) in [6, 6.07) is 5.20. The van der Waals surface area contributed by atoms with Gasteiger partial charge >= 0.3 is 0 Å². The summed E-state index contributed by atoms with van der Waals surface area (Å²) in [6.07, 6.45) is 4.05. The van der Waals surface area contributed by atoms with Crippen LogP contribution in [0.2, 0.25) is 0 Å². The van der Waals surface area contributed by atoms with Crippen LogP contribution in [0.3, 0.4) is 0 Å². The maximum Gasteiger partial charge on any atom is 0.0723 e. The Balaban J connectivity index is 2.06. The summed E-state index contributed by atoms with van der Waals surface area (Å²) in [5.41, 5.74) is 4.00. The molecule has 1 N–H and O–H groups in total. The predicted octanol–water partition coefficient (Wildman–Crippen LogP) is 3.54. The molecule has 1 aromatic rings. The minimum Gasteiger partial charge on any atom is -0.380 e. The zero-order chi connectivity index (χ0) is 11.1. The third kappa shape index (κ3) is 1.61. The van der Waals surface area contributed by atoms with Crippen LogP contribution in [0.25, 0.3) is 0 Å². The smallest absolute Gasteiger partial charge is 0.0723 e. The Bertz CT molecular complexity index is 417. The first-order valence-electron chi connectivity index (χ1n) is 6.06. The number of fused-ring (bicyclic) bond motifs is 3. The Hall–Kier alpha value is -0.700. The molecule has 0 saturated carbocycles. The van der Waals surface area contributed by atoms with Crippen molar-refractivity contribution in [1.29, 1.82) is 0 Å². The van der Waals surface area contributed by atoms with E-state index < -0.39 is 0 Å². The van der Waals surface area contributed by atoms with Gasteiger partial charge in [-0.15, -0.1) is 0 Å². The highest BCUT2D eigenvalue weighted by atomic mass is 79.9. The lowest BCUT2D eigenvalue weighted by molar-refractivity contribution is 0.466. The molecule has 0 aromatic heterocycles. The zero-order valence-corrected chi connectivity index (χ0v) is 11.2. The third-order valence-electron chi connectivity index (χ3n) is 3.66. The van der Waals surface area contributed by atoms with Gasteiger partial charge in [0.25, 0.3) is 0 Å². The van der Waals surface area contributed by atoms with Gasteiger partial charge in [-0.3, -0.25) is 0 Å². The van der Waals surface area contributed by atoms with Crippen LogP contribution < -0.4 is 10.2 Å². The van der Waals surface area contributed by atoms with E-state index in [0.29, 0.717) is 6.04 Å². The predicted molar refractivity (Wildman–Crippen MR) is 72.4 cm³/mol. The second-order valence-electron chi connectivity index (χ2n) is 4.86. The molecule has 3 rings (SSSR count). The van der Waals surface area contributed by atoms with E-state index in [1.165, 1.54) is 47.2 Å². The maximum absolute atomic E-state index is 3.66. The molecule has 2 nitrogen and oxygen atoms in total. The average Bonchev–Trinajstić information content (AvgIpc) is 2.28. The van der Waals surface area contributed by atoms with Crippen molar-refractivity contribution in [2.45, 2.75) is 32.2 Å². The zero-order valence-electron chi connectivity index (χ0n) is 9.59. The number of anilines is 2. The molecule has 0 aliphatic carbocycles. The summed E-state index contributed by atoms with van der Waals surface area (Å²) in [7, 11) is 0. The molecule has 2 aliphatic rings. The summed E-state index contributed by atoms with van der Waals surface area (Å²) < 4.78 is 1.20. The van der Waals surface area contributed by atoms with E-state index in [1.54, 1.807) is 0 Å². The van der Waals surface area contributed by atoms with E-state index in [1.807, 2.05) is 0 Å². The molecule has 0 spiro atoms. The summed E-state index contributed by atoms with van der Waals surface area (Å²) in [4.78, 5) is 2.59. The highest BCUT2D eigenvalue weighted by molar-refractivity contribution is 9.10. The van der Waals surface area contributed by atoms with Crippen LogP contribution in [0.1, 0.15) is 24.8 Å². The van der Waals surface area contributed by atoms with Crippen LogP contribution in [-0.2, 0) is 0 Å². The fourth-order valence-corrected chi connectivity index (χ4v) is 3.58. The molecule has 1 saturated heterocycles. The molecule has 1 atom stereocenters. The lowest BCUT2D eigenvalue weighted by Crippen LogP contribution is -2.47. The minimum atomic E-state index is 0.704. The molecule has 0 radical (unpaired) electrons. The van der Waals surface area contributed by atoms with Gasteiger partial charge in [-0.25, -0.2) is 0 Å². The van der Waals surface area contributed by atoms with Crippen molar-refractivity contribution >= 4 is 27.3 Å². The quantitative estimate of drug-likeness (QED) is 0.782. The second kappa shape index (κ2) is 3.95. The van der Waals surface area contributed by atoms with Gasteiger partial charge in [0, 0.05) is 23.6 Å². The van der Waals surface area contributed by atoms with Crippen LogP contribution >= 0.6 is 15.9 Å². The van der Waals surface area contributed by atoms with Gasteiger partial charge in [0.05, 0.1) is 11.4 Å². The van der Waals surface area contributed by atoms with Crippen molar-refractivity contribution in [2.75, 3.05) is 23.3 Å². The normalized spacial score (nSPS) is 23.4. The lowest BCUT2D eigenvalue weighted by atomic mass is 9.97. The Kier molecular flexibility index (Phi) is 2.58. The van der Waals surface area contributed by atoms with Crippen molar-refractivity contribution in [3.63, 3.8) is 0 Å². The Morgan fingerprint density at radius 1 is 1.38 bits per heavy atom. The van der Waals surface area contributed by atoms with Crippen molar-refractivity contribution in [3.05, 3.63) is 22.2 Å². The first kappa shape index (κ1) is 10.5. The number of rotatable bonds is 0. The van der Waals surface area contributed by atoms with Crippen LogP contribution in [-0.4, -0.2) is 19.1 Å². The monoisotopic (exact) mass is 280 g/mol. The number of nitrogens with zero attached hydrogens (tertiary/aromatic N) is 1. The fraction of sp³-hybridized carbons (Fsp3) is 0.538. The number of hydrogen-bond acceptors (Lipinski definition) is 2. The van der Waals surface area contributed by atoms with Gasteiger partial charge in [0.15, 0.2) is 0 Å². The van der Waals surface area contributed by atoms with E-state index >= 15 is 0 Å². The Morgan fingerprint density at radius 2 is 2.25 bits per heavy atom. The third-order valence-corrected chi connectivity index (χ3v) is 4.29. The summed E-state index contributed by atoms with van der Waals surface area (Å²) in [5, 5.41) is 3.57. The summed E-state index contributed by atoms with van der Waals surface area (Å²) >= 11 is 3.66.